The van der Waals surface area contributed by atoms with E-state index in [2.05, 4.69) is 16.0 Å². The zero-order valence-electron chi connectivity index (χ0n) is 12.1. The number of carbonyl (C=O) groups is 3. The molecule has 112 valence electrons. The highest BCUT2D eigenvalue weighted by atomic mass is 16.2. The molecule has 1 aliphatic heterocycles. The van der Waals surface area contributed by atoms with Gasteiger partial charge in [0.15, 0.2) is 0 Å². The molecular weight excluding hydrogens is 270 g/mol. The highest BCUT2D eigenvalue weighted by Gasteiger charge is 2.29. The second kappa shape index (κ2) is 6.39. The lowest BCUT2D eigenvalue weighted by Gasteiger charge is -2.15. The lowest BCUT2D eigenvalue weighted by atomic mass is 10.1. The van der Waals surface area contributed by atoms with E-state index in [1.807, 2.05) is 13.8 Å². The minimum atomic E-state index is -0.864. The predicted octanol–water partition coefficient (Wildman–Crippen LogP) is 0.899. The third kappa shape index (κ3) is 3.81. The van der Waals surface area contributed by atoms with Gasteiger partial charge < -0.3 is 16.0 Å². The molecule has 1 aromatic carbocycles. The van der Waals surface area contributed by atoms with Crippen LogP contribution in [-0.2, 0) is 9.59 Å². The summed E-state index contributed by atoms with van der Waals surface area (Å²) in [4.78, 5) is 36.0. The van der Waals surface area contributed by atoms with Crippen LogP contribution in [0.25, 0.3) is 0 Å². The SMILES string of the molecule is CC(C)CNC(=O)C[C@H]1NC(=O)c2ccccc2NC1=O. The fraction of sp³-hybridized carbons (Fsp3) is 0.400. The van der Waals surface area contributed by atoms with Crippen molar-refractivity contribution in [2.24, 2.45) is 5.92 Å². The first-order chi connectivity index (χ1) is 9.97. The van der Waals surface area contributed by atoms with Crippen molar-refractivity contribution in [2.45, 2.75) is 26.3 Å². The zero-order valence-corrected chi connectivity index (χ0v) is 12.1. The maximum Gasteiger partial charge on any atom is 0.254 e. The minimum absolute atomic E-state index is 0.0711. The molecule has 6 heteroatoms. The number of para-hydroxylation sites is 1. The van der Waals surface area contributed by atoms with Crippen molar-refractivity contribution in [3.05, 3.63) is 29.8 Å². The molecule has 1 atom stereocenters. The Kier molecular flexibility index (Phi) is 4.57. The number of nitrogens with one attached hydrogen (secondary N) is 3. The summed E-state index contributed by atoms with van der Waals surface area (Å²) in [6.45, 7) is 4.51. The van der Waals surface area contributed by atoms with Crippen LogP contribution in [-0.4, -0.2) is 30.3 Å². The second-order valence-corrected chi connectivity index (χ2v) is 5.46. The number of carbonyl (C=O) groups excluding carboxylic acids is 3. The number of amides is 3. The van der Waals surface area contributed by atoms with E-state index in [1.165, 1.54) is 0 Å². The molecule has 0 fully saturated rings. The Bertz CT molecular complexity index is 569. The molecule has 0 bridgehead atoms. The van der Waals surface area contributed by atoms with E-state index in [1.54, 1.807) is 24.3 Å². The summed E-state index contributed by atoms with van der Waals surface area (Å²) in [5.74, 6) is -0.663. The Morgan fingerprint density at radius 3 is 2.71 bits per heavy atom. The first-order valence-electron chi connectivity index (χ1n) is 6.95. The van der Waals surface area contributed by atoms with Crippen LogP contribution in [0.4, 0.5) is 5.69 Å². The number of hydrogen-bond acceptors (Lipinski definition) is 3. The van der Waals surface area contributed by atoms with E-state index in [0.717, 1.165) is 0 Å². The van der Waals surface area contributed by atoms with Gasteiger partial charge in [-0.25, -0.2) is 0 Å². The summed E-state index contributed by atoms with van der Waals surface area (Å²) < 4.78 is 0. The number of anilines is 1. The first-order valence-corrected chi connectivity index (χ1v) is 6.95. The molecule has 3 amide bonds. The summed E-state index contributed by atoms with van der Waals surface area (Å²) in [6.07, 6.45) is -0.0711. The molecule has 21 heavy (non-hydrogen) atoms. The molecule has 1 heterocycles. The zero-order chi connectivity index (χ0) is 15.4. The number of hydrogen-bond donors (Lipinski definition) is 3. The van der Waals surface area contributed by atoms with E-state index in [-0.39, 0.29) is 24.1 Å². The van der Waals surface area contributed by atoms with Gasteiger partial charge in [0.1, 0.15) is 6.04 Å². The van der Waals surface area contributed by atoms with Crippen LogP contribution in [0.3, 0.4) is 0 Å². The normalized spacial score (nSPS) is 17.6. The van der Waals surface area contributed by atoms with Gasteiger partial charge in [-0.1, -0.05) is 26.0 Å². The van der Waals surface area contributed by atoms with E-state index >= 15 is 0 Å². The Morgan fingerprint density at radius 1 is 1.29 bits per heavy atom. The van der Waals surface area contributed by atoms with E-state index in [0.29, 0.717) is 23.7 Å². The summed E-state index contributed by atoms with van der Waals surface area (Å²) >= 11 is 0. The van der Waals surface area contributed by atoms with Gasteiger partial charge in [-0.15, -0.1) is 0 Å². The molecule has 0 aromatic heterocycles. The van der Waals surface area contributed by atoms with E-state index in [9.17, 15) is 14.4 Å². The van der Waals surface area contributed by atoms with Crippen molar-refractivity contribution in [3.63, 3.8) is 0 Å². The Labute approximate surface area is 123 Å². The molecule has 3 N–H and O–H groups in total. The molecule has 0 unspecified atom stereocenters. The van der Waals surface area contributed by atoms with Crippen molar-refractivity contribution < 1.29 is 14.4 Å². The van der Waals surface area contributed by atoms with Crippen molar-refractivity contribution in [1.82, 2.24) is 10.6 Å². The van der Waals surface area contributed by atoms with Crippen molar-refractivity contribution in [2.75, 3.05) is 11.9 Å². The molecule has 6 nitrogen and oxygen atoms in total. The van der Waals surface area contributed by atoms with Crippen LogP contribution < -0.4 is 16.0 Å². The third-order valence-corrected chi connectivity index (χ3v) is 3.15. The van der Waals surface area contributed by atoms with Gasteiger partial charge in [0, 0.05) is 6.54 Å². The van der Waals surface area contributed by atoms with Crippen LogP contribution in [0.2, 0.25) is 0 Å². The lowest BCUT2D eigenvalue weighted by Crippen LogP contribution is -2.44. The van der Waals surface area contributed by atoms with Gasteiger partial charge in [-0.3, -0.25) is 14.4 Å². The van der Waals surface area contributed by atoms with Gasteiger partial charge in [0.05, 0.1) is 17.7 Å². The predicted molar refractivity (Wildman–Crippen MR) is 78.8 cm³/mol. The molecule has 0 saturated heterocycles. The summed E-state index contributed by atoms with van der Waals surface area (Å²) in [7, 11) is 0. The fourth-order valence-electron chi connectivity index (χ4n) is 2.03. The molecule has 2 rings (SSSR count). The van der Waals surface area contributed by atoms with Crippen molar-refractivity contribution in [3.8, 4) is 0 Å². The molecular formula is C15H19N3O3. The maximum atomic E-state index is 12.1. The standard InChI is InChI=1S/C15H19N3O3/c1-9(2)8-16-13(19)7-12-15(21)17-11-6-4-3-5-10(11)14(20)18-12/h3-6,9,12H,7-8H2,1-2H3,(H,16,19)(H,17,21)(H,18,20)/t12-/m1/s1. The Balaban J connectivity index is 2.05. The molecule has 0 aliphatic carbocycles. The number of rotatable bonds is 4. The highest BCUT2D eigenvalue weighted by molar-refractivity contribution is 6.10. The maximum absolute atomic E-state index is 12.1. The van der Waals surface area contributed by atoms with Gasteiger partial charge >= 0.3 is 0 Å². The quantitative estimate of drug-likeness (QED) is 0.769. The molecule has 0 saturated carbocycles. The van der Waals surface area contributed by atoms with Gasteiger partial charge in [-0.05, 0) is 18.1 Å². The van der Waals surface area contributed by atoms with Crippen LogP contribution in [0, 0.1) is 5.92 Å². The Hall–Kier alpha value is -2.37. The van der Waals surface area contributed by atoms with Crippen molar-refractivity contribution in [1.29, 1.82) is 0 Å². The largest absolute Gasteiger partial charge is 0.356 e. The molecule has 1 aliphatic rings. The van der Waals surface area contributed by atoms with E-state index < -0.39 is 6.04 Å². The molecule has 1 aromatic rings. The van der Waals surface area contributed by atoms with Crippen LogP contribution in [0.1, 0.15) is 30.6 Å². The topological polar surface area (TPSA) is 87.3 Å². The number of benzene rings is 1. The van der Waals surface area contributed by atoms with Crippen LogP contribution in [0.5, 0.6) is 0 Å². The van der Waals surface area contributed by atoms with Gasteiger partial charge in [0.25, 0.3) is 5.91 Å². The summed E-state index contributed by atoms with van der Waals surface area (Å²) in [6, 6.07) is 5.89. The van der Waals surface area contributed by atoms with Crippen LogP contribution in [0.15, 0.2) is 24.3 Å². The van der Waals surface area contributed by atoms with Gasteiger partial charge in [0.2, 0.25) is 11.8 Å². The first kappa shape index (κ1) is 15.0. The number of fused-ring (bicyclic) bond motifs is 1. The van der Waals surface area contributed by atoms with E-state index in [4.69, 9.17) is 0 Å². The molecule has 0 spiro atoms. The average Bonchev–Trinajstić information content (AvgIpc) is 2.55. The fourth-order valence-corrected chi connectivity index (χ4v) is 2.03. The molecule has 0 radical (unpaired) electrons. The smallest absolute Gasteiger partial charge is 0.254 e. The van der Waals surface area contributed by atoms with Crippen molar-refractivity contribution >= 4 is 23.4 Å². The van der Waals surface area contributed by atoms with Gasteiger partial charge in [-0.2, -0.15) is 0 Å². The summed E-state index contributed by atoms with van der Waals surface area (Å²) in [5, 5.41) is 8.00. The summed E-state index contributed by atoms with van der Waals surface area (Å²) in [5.41, 5.74) is 0.862. The monoisotopic (exact) mass is 289 g/mol. The minimum Gasteiger partial charge on any atom is -0.356 e. The third-order valence-electron chi connectivity index (χ3n) is 3.15. The average molecular weight is 289 g/mol. The second-order valence-electron chi connectivity index (χ2n) is 5.46. The Morgan fingerprint density at radius 2 is 2.00 bits per heavy atom. The highest BCUT2D eigenvalue weighted by Crippen LogP contribution is 2.18. The van der Waals surface area contributed by atoms with Crippen LogP contribution >= 0.6 is 0 Å². The lowest BCUT2D eigenvalue weighted by molar-refractivity contribution is -0.125.